The van der Waals surface area contributed by atoms with Crippen molar-refractivity contribution in [3.63, 3.8) is 0 Å². The van der Waals surface area contributed by atoms with Gasteiger partial charge < -0.3 is 9.80 Å². The van der Waals surface area contributed by atoms with Gasteiger partial charge in [0.05, 0.1) is 0 Å². The van der Waals surface area contributed by atoms with Crippen LogP contribution in [0.1, 0.15) is 128 Å². The molecule has 1 aliphatic heterocycles. The standard InChI is InChI=1S/C36H56N2/c1-4-7-8-9-10-11-12-13-14-15-16-17-24-29-38-31-30-37(6-3)36(38,32-33-25-20-18-21-26-33)35(5-2)34-27-22-19-23-28-34/h18-23,25-28,30-31,35H,4-17,24,29,32H2,1-3H3. The highest BCUT2D eigenvalue weighted by Gasteiger charge is 2.48. The molecule has 0 radical (unpaired) electrons. The molecule has 0 N–H and O–H groups in total. The second-order valence-corrected chi connectivity index (χ2v) is 11.4. The third-order valence-electron chi connectivity index (χ3n) is 8.74. The van der Waals surface area contributed by atoms with Gasteiger partial charge >= 0.3 is 0 Å². The Balaban J connectivity index is 1.55. The second-order valence-electron chi connectivity index (χ2n) is 11.4. The molecule has 2 atom stereocenters. The van der Waals surface area contributed by atoms with Crippen LogP contribution in [0, 0.1) is 0 Å². The van der Waals surface area contributed by atoms with E-state index >= 15 is 0 Å². The Bertz CT molecular complexity index is 877. The molecule has 2 aromatic rings. The van der Waals surface area contributed by atoms with Crippen molar-refractivity contribution in [2.75, 3.05) is 13.1 Å². The van der Waals surface area contributed by atoms with Gasteiger partial charge in [0.25, 0.3) is 0 Å². The van der Waals surface area contributed by atoms with Gasteiger partial charge in [0.15, 0.2) is 0 Å². The maximum Gasteiger partial charge on any atom is 0.123 e. The molecule has 0 fully saturated rings. The Morgan fingerprint density at radius 1 is 0.579 bits per heavy atom. The van der Waals surface area contributed by atoms with E-state index in [0.29, 0.717) is 5.92 Å². The molecule has 0 saturated heterocycles. The lowest BCUT2D eigenvalue weighted by Gasteiger charge is -2.51. The molecular formula is C36H56N2. The van der Waals surface area contributed by atoms with Gasteiger partial charge in [-0.1, -0.05) is 152 Å². The zero-order valence-electron chi connectivity index (χ0n) is 24.9. The summed E-state index contributed by atoms with van der Waals surface area (Å²) in [5, 5.41) is 0. The zero-order chi connectivity index (χ0) is 26.9. The molecule has 2 unspecified atom stereocenters. The fourth-order valence-corrected chi connectivity index (χ4v) is 6.67. The Hall–Kier alpha value is -2.22. The van der Waals surface area contributed by atoms with Gasteiger partial charge in [-0.25, -0.2) is 0 Å². The van der Waals surface area contributed by atoms with Crippen molar-refractivity contribution < 1.29 is 0 Å². The molecule has 1 heterocycles. The molecule has 210 valence electrons. The van der Waals surface area contributed by atoms with Crippen LogP contribution in [0.15, 0.2) is 73.1 Å². The molecule has 38 heavy (non-hydrogen) atoms. The van der Waals surface area contributed by atoms with Gasteiger partial charge in [0.1, 0.15) is 5.66 Å². The fourth-order valence-electron chi connectivity index (χ4n) is 6.67. The van der Waals surface area contributed by atoms with E-state index in [0.717, 1.165) is 25.9 Å². The lowest BCUT2D eigenvalue weighted by Crippen LogP contribution is -2.59. The average molecular weight is 517 g/mol. The number of likely N-dealkylation sites (N-methyl/N-ethyl adjacent to an activating group) is 1. The minimum Gasteiger partial charge on any atom is -0.353 e. The van der Waals surface area contributed by atoms with Crippen LogP contribution >= 0.6 is 0 Å². The molecule has 0 amide bonds. The van der Waals surface area contributed by atoms with Gasteiger partial charge in [0, 0.05) is 37.8 Å². The highest BCUT2D eigenvalue weighted by molar-refractivity contribution is 5.30. The highest BCUT2D eigenvalue weighted by Crippen LogP contribution is 2.45. The van der Waals surface area contributed by atoms with Crippen LogP contribution in [-0.4, -0.2) is 28.6 Å². The van der Waals surface area contributed by atoms with Crippen LogP contribution in [0.4, 0.5) is 0 Å². The monoisotopic (exact) mass is 516 g/mol. The van der Waals surface area contributed by atoms with Crippen LogP contribution < -0.4 is 0 Å². The van der Waals surface area contributed by atoms with E-state index in [-0.39, 0.29) is 5.66 Å². The molecule has 2 aromatic carbocycles. The highest BCUT2D eigenvalue weighted by atomic mass is 15.4. The second kappa shape index (κ2) is 17.4. The molecule has 1 aliphatic rings. The summed E-state index contributed by atoms with van der Waals surface area (Å²) in [6, 6.07) is 22.4. The number of benzene rings is 2. The zero-order valence-corrected chi connectivity index (χ0v) is 24.9. The van der Waals surface area contributed by atoms with E-state index in [1.165, 1.54) is 94.6 Å². The summed E-state index contributed by atoms with van der Waals surface area (Å²) in [6.45, 7) is 9.16. The normalized spacial score (nSPS) is 17.9. The summed E-state index contributed by atoms with van der Waals surface area (Å²) in [5.74, 6) is 0.445. The average Bonchev–Trinajstić information content (AvgIpc) is 3.29. The van der Waals surface area contributed by atoms with Gasteiger partial charge in [-0.15, -0.1) is 0 Å². The first kappa shape index (κ1) is 30.3. The summed E-state index contributed by atoms with van der Waals surface area (Å²) in [4.78, 5) is 5.34. The van der Waals surface area contributed by atoms with Crippen molar-refractivity contribution in [1.29, 1.82) is 0 Å². The van der Waals surface area contributed by atoms with Crippen molar-refractivity contribution in [2.45, 2.75) is 129 Å². The minimum atomic E-state index is -0.0522. The Kier molecular flexibility index (Phi) is 13.9. The Morgan fingerprint density at radius 3 is 1.61 bits per heavy atom. The SMILES string of the molecule is CCCCCCCCCCCCCCCN1C=CN(CC)C1(Cc1ccccc1)C(CC)c1ccccc1. The summed E-state index contributed by atoms with van der Waals surface area (Å²) >= 11 is 0. The quantitative estimate of drug-likeness (QED) is 0.161. The van der Waals surface area contributed by atoms with Crippen molar-refractivity contribution in [3.8, 4) is 0 Å². The minimum absolute atomic E-state index is 0.0522. The predicted molar refractivity (Wildman–Crippen MR) is 166 cm³/mol. The van der Waals surface area contributed by atoms with E-state index in [1.807, 2.05) is 0 Å². The van der Waals surface area contributed by atoms with Gasteiger partial charge in [-0.2, -0.15) is 0 Å². The maximum absolute atomic E-state index is 2.71. The molecule has 2 heteroatoms. The molecule has 0 aromatic heterocycles. The largest absolute Gasteiger partial charge is 0.353 e. The van der Waals surface area contributed by atoms with E-state index < -0.39 is 0 Å². The molecule has 0 spiro atoms. The van der Waals surface area contributed by atoms with Gasteiger partial charge in [-0.05, 0) is 30.9 Å². The summed E-state index contributed by atoms with van der Waals surface area (Å²) < 4.78 is 0. The summed E-state index contributed by atoms with van der Waals surface area (Å²) in [7, 11) is 0. The van der Waals surface area contributed by atoms with Crippen molar-refractivity contribution >= 4 is 0 Å². The van der Waals surface area contributed by atoms with Crippen LogP contribution in [0.25, 0.3) is 0 Å². The van der Waals surface area contributed by atoms with E-state index in [9.17, 15) is 0 Å². The number of nitrogens with zero attached hydrogens (tertiary/aromatic N) is 2. The molecule has 3 rings (SSSR count). The lowest BCUT2D eigenvalue weighted by molar-refractivity contribution is -0.00000797. The number of rotatable bonds is 20. The summed E-state index contributed by atoms with van der Waals surface area (Å²) in [6.07, 6.45) is 25.2. The first-order valence-electron chi connectivity index (χ1n) is 16.1. The number of hydrogen-bond acceptors (Lipinski definition) is 2. The van der Waals surface area contributed by atoms with Crippen molar-refractivity contribution in [3.05, 3.63) is 84.2 Å². The maximum atomic E-state index is 2.71. The first-order valence-corrected chi connectivity index (χ1v) is 16.1. The van der Waals surface area contributed by atoms with E-state index in [4.69, 9.17) is 0 Å². The Morgan fingerprint density at radius 2 is 1.08 bits per heavy atom. The first-order chi connectivity index (χ1) is 18.8. The molecule has 2 nitrogen and oxygen atoms in total. The van der Waals surface area contributed by atoms with E-state index in [1.54, 1.807) is 0 Å². The molecule has 0 bridgehead atoms. The molecular weight excluding hydrogens is 460 g/mol. The van der Waals surface area contributed by atoms with Gasteiger partial charge in [-0.3, -0.25) is 0 Å². The van der Waals surface area contributed by atoms with Crippen LogP contribution in [-0.2, 0) is 6.42 Å². The Labute approximate surface area is 235 Å². The van der Waals surface area contributed by atoms with Crippen molar-refractivity contribution in [1.82, 2.24) is 9.80 Å². The van der Waals surface area contributed by atoms with Crippen molar-refractivity contribution in [2.24, 2.45) is 0 Å². The third-order valence-corrected chi connectivity index (χ3v) is 8.74. The lowest BCUT2D eigenvalue weighted by atomic mass is 9.78. The number of unbranched alkanes of at least 4 members (excludes halogenated alkanes) is 12. The third kappa shape index (κ3) is 8.65. The topological polar surface area (TPSA) is 6.48 Å². The predicted octanol–water partition coefficient (Wildman–Crippen LogP) is 10.3. The number of hydrogen-bond donors (Lipinski definition) is 0. The van der Waals surface area contributed by atoms with Crippen LogP contribution in [0.3, 0.4) is 0 Å². The van der Waals surface area contributed by atoms with Crippen LogP contribution in [0.5, 0.6) is 0 Å². The van der Waals surface area contributed by atoms with Crippen LogP contribution in [0.2, 0.25) is 0 Å². The van der Waals surface area contributed by atoms with Gasteiger partial charge in [0.2, 0.25) is 0 Å². The molecule has 0 saturated carbocycles. The summed E-state index contributed by atoms with van der Waals surface area (Å²) in [5.41, 5.74) is 2.84. The smallest absolute Gasteiger partial charge is 0.123 e. The fraction of sp³-hybridized carbons (Fsp3) is 0.611. The molecule has 0 aliphatic carbocycles. The van der Waals surface area contributed by atoms with E-state index in [2.05, 4.69) is 104 Å².